The number of carbonyl (C=O) groups excluding carboxylic acids is 1. The molecule has 1 aliphatic rings. The smallest absolute Gasteiger partial charge is 0.341 e. The molecule has 1 aliphatic carbocycles. The van der Waals surface area contributed by atoms with Crippen molar-refractivity contribution >= 4 is 5.97 Å². The average Bonchev–Trinajstić information content (AvgIpc) is 2.84. The molecule has 3 rings (SSSR count). The molecule has 0 amide bonds. The summed E-state index contributed by atoms with van der Waals surface area (Å²) in [5.41, 5.74) is 3.51. The van der Waals surface area contributed by atoms with Crippen LogP contribution in [-0.4, -0.2) is 28.2 Å². The SMILES string of the molecule is CCCCCc1cnc(-c2ccc([C@H]3CC[C@H](OC(=O)[C@@H](F)[C@@H](C)CC)CC3)cc2)nc1. The van der Waals surface area contributed by atoms with Crippen molar-refractivity contribution in [2.45, 2.75) is 96.8 Å². The number of rotatable bonds is 10. The van der Waals surface area contributed by atoms with Crippen molar-refractivity contribution in [3.63, 3.8) is 0 Å². The summed E-state index contributed by atoms with van der Waals surface area (Å²) in [5.74, 6) is 0.215. The minimum Gasteiger partial charge on any atom is -0.460 e. The second-order valence-corrected chi connectivity index (χ2v) is 9.19. The highest BCUT2D eigenvalue weighted by Gasteiger charge is 2.30. The first-order valence-electron chi connectivity index (χ1n) is 12.3. The van der Waals surface area contributed by atoms with Gasteiger partial charge in [-0.3, -0.25) is 0 Å². The Morgan fingerprint density at radius 1 is 1.06 bits per heavy atom. The zero-order chi connectivity index (χ0) is 22.9. The molecule has 32 heavy (non-hydrogen) atoms. The summed E-state index contributed by atoms with van der Waals surface area (Å²) in [4.78, 5) is 21.1. The number of benzene rings is 1. The lowest BCUT2D eigenvalue weighted by molar-refractivity contribution is -0.158. The highest BCUT2D eigenvalue weighted by molar-refractivity contribution is 5.75. The number of aryl methyl sites for hydroxylation is 1. The first kappa shape index (κ1) is 24.3. The van der Waals surface area contributed by atoms with E-state index in [0.29, 0.717) is 12.3 Å². The van der Waals surface area contributed by atoms with Gasteiger partial charge in [-0.05, 0) is 61.5 Å². The number of nitrogens with zero attached hydrogens (tertiary/aromatic N) is 2. The molecule has 0 bridgehead atoms. The van der Waals surface area contributed by atoms with Crippen LogP contribution in [0.4, 0.5) is 4.39 Å². The van der Waals surface area contributed by atoms with Gasteiger partial charge < -0.3 is 4.74 Å². The number of esters is 1. The van der Waals surface area contributed by atoms with Crippen LogP contribution in [0.5, 0.6) is 0 Å². The van der Waals surface area contributed by atoms with Gasteiger partial charge in [0.15, 0.2) is 12.0 Å². The predicted octanol–water partition coefficient (Wildman–Crippen LogP) is 6.83. The average molecular weight is 441 g/mol. The third-order valence-corrected chi connectivity index (χ3v) is 6.74. The van der Waals surface area contributed by atoms with Gasteiger partial charge in [0.25, 0.3) is 0 Å². The minimum absolute atomic E-state index is 0.162. The van der Waals surface area contributed by atoms with Crippen molar-refractivity contribution in [1.29, 1.82) is 0 Å². The molecule has 2 aromatic rings. The Bertz CT molecular complexity index is 830. The van der Waals surface area contributed by atoms with Gasteiger partial charge in [0, 0.05) is 18.0 Å². The lowest BCUT2D eigenvalue weighted by Crippen LogP contribution is -2.31. The van der Waals surface area contributed by atoms with E-state index in [1.54, 1.807) is 6.92 Å². The monoisotopic (exact) mass is 440 g/mol. The molecule has 4 nitrogen and oxygen atoms in total. The second kappa shape index (κ2) is 12.1. The normalized spacial score (nSPS) is 20.5. The van der Waals surface area contributed by atoms with Gasteiger partial charge in [-0.15, -0.1) is 0 Å². The van der Waals surface area contributed by atoms with Crippen LogP contribution in [0.15, 0.2) is 36.7 Å². The molecule has 0 spiro atoms. The van der Waals surface area contributed by atoms with Crippen LogP contribution in [0.1, 0.15) is 89.2 Å². The molecule has 1 fully saturated rings. The summed E-state index contributed by atoms with van der Waals surface area (Å²) in [6, 6.07) is 8.50. The zero-order valence-corrected chi connectivity index (χ0v) is 19.7. The maximum Gasteiger partial charge on any atom is 0.341 e. The highest BCUT2D eigenvalue weighted by Crippen LogP contribution is 2.35. The van der Waals surface area contributed by atoms with Gasteiger partial charge in [0.05, 0.1) is 0 Å². The highest BCUT2D eigenvalue weighted by atomic mass is 19.1. The van der Waals surface area contributed by atoms with Crippen molar-refractivity contribution in [2.75, 3.05) is 0 Å². The largest absolute Gasteiger partial charge is 0.460 e. The van der Waals surface area contributed by atoms with Crippen molar-refractivity contribution in [2.24, 2.45) is 5.92 Å². The number of unbranched alkanes of at least 4 members (excludes halogenated alkanes) is 2. The van der Waals surface area contributed by atoms with E-state index in [4.69, 9.17) is 4.74 Å². The van der Waals surface area contributed by atoms with Gasteiger partial charge in [0.1, 0.15) is 6.10 Å². The van der Waals surface area contributed by atoms with E-state index >= 15 is 0 Å². The van der Waals surface area contributed by atoms with E-state index < -0.39 is 12.1 Å². The fourth-order valence-corrected chi connectivity index (χ4v) is 4.30. The Labute approximate surface area is 192 Å². The lowest BCUT2D eigenvalue weighted by atomic mass is 9.82. The van der Waals surface area contributed by atoms with Crippen LogP contribution in [0.2, 0.25) is 0 Å². The molecule has 0 unspecified atom stereocenters. The van der Waals surface area contributed by atoms with Crippen LogP contribution in [0.3, 0.4) is 0 Å². The standard InChI is InChI=1S/C27H37FN2O2/c1-4-6-7-8-20-17-29-26(30-18-20)23-11-9-21(10-12-23)22-13-15-24(16-14-22)32-27(31)25(28)19(3)5-2/h9-12,17-19,22,24-25H,4-8,13-16H2,1-3H3/t19-,22-,24-,25-/m0/s1. The summed E-state index contributed by atoms with van der Waals surface area (Å²) in [6.45, 7) is 5.84. The second-order valence-electron chi connectivity index (χ2n) is 9.19. The van der Waals surface area contributed by atoms with Gasteiger partial charge in [-0.2, -0.15) is 0 Å². The van der Waals surface area contributed by atoms with Gasteiger partial charge >= 0.3 is 5.97 Å². The number of halogens is 1. The molecule has 0 radical (unpaired) electrons. The molecule has 1 aromatic carbocycles. The van der Waals surface area contributed by atoms with Crippen molar-refractivity contribution in [3.8, 4) is 11.4 Å². The third kappa shape index (κ3) is 6.60. The number of carbonyl (C=O) groups is 1. The summed E-state index contributed by atoms with van der Waals surface area (Å²) >= 11 is 0. The minimum atomic E-state index is -1.52. The fourth-order valence-electron chi connectivity index (χ4n) is 4.30. The summed E-state index contributed by atoms with van der Waals surface area (Å²) in [6.07, 6.45) is 11.0. The van der Waals surface area contributed by atoms with Crippen LogP contribution in [-0.2, 0) is 16.0 Å². The Morgan fingerprint density at radius 2 is 1.72 bits per heavy atom. The Balaban J connectivity index is 1.50. The molecule has 0 saturated heterocycles. The summed E-state index contributed by atoms with van der Waals surface area (Å²) < 4.78 is 19.5. The fraction of sp³-hybridized carbons (Fsp3) is 0.593. The zero-order valence-electron chi connectivity index (χ0n) is 19.7. The van der Waals surface area contributed by atoms with Crippen LogP contribution >= 0.6 is 0 Å². The molecule has 5 heteroatoms. The number of alkyl halides is 1. The van der Waals surface area contributed by atoms with Crippen LogP contribution < -0.4 is 0 Å². The molecule has 174 valence electrons. The Kier molecular flexibility index (Phi) is 9.19. The molecule has 1 saturated carbocycles. The molecular formula is C27H37FN2O2. The molecule has 1 heterocycles. The Hall–Kier alpha value is -2.30. The lowest BCUT2D eigenvalue weighted by Gasteiger charge is -2.29. The third-order valence-electron chi connectivity index (χ3n) is 6.74. The topological polar surface area (TPSA) is 52.1 Å². The maximum absolute atomic E-state index is 14.1. The van der Waals surface area contributed by atoms with Crippen LogP contribution in [0, 0.1) is 5.92 Å². The number of aromatic nitrogens is 2. The number of hydrogen-bond donors (Lipinski definition) is 0. The molecule has 1 aromatic heterocycles. The van der Waals surface area contributed by atoms with Crippen molar-refractivity contribution in [3.05, 3.63) is 47.8 Å². The first-order chi connectivity index (χ1) is 15.5. The molecule has 0 N–H and O–H groups in total. The predicted molar refractivity (Wildman–Crippen MR) is 126 cm³/mol. The van der Waals surface area contributed by atoms with Gasteiger partial charge in [-0.25, -0.2) is 19.2 Å². The summed E-state index contributed by atoms with van der Waals surface area (Å²) in [7, 11) is 0. The quantitative estimate of drug-likeness (QED) is 0.300. The van der Waals surface area contributed by atoms with Gasteiger partial charge in [0.2, 0.25) is 0 Å². The number of hydrogen-bond acceptors (Lipinski definition) is 4. The van der Waals surface area contributed by atoms with Crippen molar-refractivity contribution in [1.82, 2.24) is 9.97 Å². The van der Waals surface area contributed by atoms with Crippen LogP contribution in [0.25, 0.3) is 11.4 Å². The molecule has 2 atom stereocenters. The van der Waals surface area contributed by atoms with E-state index in [9.17, 15) is 9.18 Å². The number of ether oxygens (including phenoxy) is 1. The van der Waals surface area contributed by atoms with E-state index in [2.05, 4.69) is 41.2 Å². The van der Waals surface area contributed by atoms with E-state index in [-0.39, 0.29) is 12.0 Å². The maximum atomic E-state index is 14.1. The van der Waals surface area contributed by atoms with E-state index in [0.717, 1.165) is 43.5 Å². The van der Waals surface area contributed by atoms with E-state index in [1.165, 1.54) is 30.4 Å². The summed E-state index contributed by atoms with van der Waals surface area (Å²) in [5, 5.41) is 0. The van der Waals surface area contributed by atoms with E-state index in [1.807, 2.05) is 19.3 Å². The molecule has 0 aliphatic heterocycles. The van der Waals surface area contributed by atoms with Crippen molar-refractivity contribution < 1.29 is 13.9 Å². The molecular weight excluding hydrogens is 403 g/mol. The first-order valence-corrected chi connectivity index (χ1v) is 12.3. The van der Waals surface area contributed by atoms with Gasteiger partial charge in [-0.1, -0.05) is 64.3 Å². The Morgan fingerprint density at radius 3 is 2.31 bits per heavy atom.